The van der Waals surface area contributed by atoms with Gasteiger partial charge in [-0.05, 0) is 59.3 Å². The van der Waals surface area contributed by atoms with Crippen molar-refractivity contribution < 1.29 is 0 Å². The van der Waals surface area contributed by atoms with Gasteiger partial charge in [-0.2, -0.15) is 0 Å². The maximum Gasteiger partial charge on any atom is 0.00240 e. The summed E-state index contributed by atoms with van der Waals surface area (Å²) in [6.07, 6.45) is 0. The van der Waals surface area contributed by atoms with Crippen molar-refractivity contribution in [2.24, 2.45) is 0 Å². The molecule has 200 valence electrons. The Morgan fingerprint density at radius 3 is 0.690 bits per heavy atom. The average molecular weight is 573 g/mol. The molecule has 42 heavy (non-hydrogen) atoms. The molecule has 0 aliphatic heterocycles. The second kappa shape index (κ2) is 12.3. The molecule has 0 heterocycles. The average Bonchev–Trinajstić information content (AvgIpc) is 3.07. The predicted octanol–water partition coefficient (Wildman–Crippen LogP) is 9.09. The minimum absolute atomic E-state index is 0.820. The summed E-state index contributed by atoms with van der Waals surface area (Å²) in [7, 11) is -1.64. The Bertz CT molecular complexity index is 1610. The molecule has 6 aromatic carbocycles. The Hall–Kier alpha value is -4.34. The lowest BCUT2D eigenvalue weighted by Crippen LogP contribution is -2.23. The maximum absolute atomic E-state index is 2.32. The summed E-state index contributed by atoms with van der Waals surface area (Å²) >= 11 is 0. The molecule has 0 atom stereocenters. The van der Waals surface area contributed by atoms with Gasteiger partial charge in [0.05, 0.1) is 0 Å². The highest BCUT2D eigenvalue weighted by atomic mass is 31.1. The first-order valence-corrected chi connectivity index (χ1v) is 17.0. The first-order valence-electron chi connectivity index (χ1n) is 14.3. The normalized spacial score (nSPS) is 13.0. The van der Waals surface area contributed by atoms with Crippen LogP contribution in [0.2, 0.25) is 0 Å². The summed E-state index contributed by atoms with van der Waals surface area (Å²) in [4.78, 5) is 0. The van der Waals surface area contributed by atoms with Crippen LogP contribution in [0.3, 0.4) is 0 Å². The molecule has 2 heteroatoms. The molecule has 0 saturated heterocycles. The summed E-state index contributed by atoms with van der Waals surface area (Å²) in [5, 5.41) is 8.49. The van der Waals surface area contributed by atoms with E-state index in [0.29, 0.717) is 0 Å². The van der Waals surface area contributed by atoms with Gasteiger partial charge in [-0.25, -0.2) is 0 Å². The van der Waals surface area contributed by atoms with Gasteiger partial charge in [-0.3, -0.25) is 0 Å². The van der Waals surface area contributed by atoms with Crippen molar-refractivity contribution in [3.8, 4) is 0 Å². The van der Waals surface area contributed by atoms with Gasteiger partial charge >= 0.3 is 0 Å². The monoisotopic (exact) mass is 572 g/mol. The van der Waals surface area contributed by atoms with Gasteiger partial charge in [-0.1, -0.05) is 182 Å². The van der Waals surface area contributed by atoms with Crippen LogP contribution in [0.25, 0.3) is 11.1 Å². The Balaban J connectivity index is 1.59. The van der Waals surface area contributed by atoms with Crippen LogP contribution in [0.1, 0.15) is 11.1 Å². The van der Waals surface area contributed by atoms with Gasteiger partial charge in [0, 0.05) is 10.6 Å². The molecule has 0 bridgehead atoms. The van der Waals surface area contributed by atoms with E-state index in [4.69, 9.17) is 0 Å². The van der Waals surface area contributed by atoms with E-state index in [0.717, 1.165) is 0 Å². The quantitative estimate of drug-likeness (QED) is 0.160. The molecule has 1 aliphatic rings. The minimum atomic E-state index is -0.820. The lowest BCUT2D eigenvalue weighted by molar-refractivity contribution is 1.52. The lowest BCUT2D eigenvalue weighted by atomic mass is 9.86. The topological polar surface area (TPSA) is 0 Å². The smallest absolute Gasteiger partial charge is 0.00240 e. The van der Waals surface area contributed by atoms with Crippen LogP contribution in [0.5, 0.6) is 0 Å². The molecule has 0 fully saturated rings. The second-order valence-corrected chi connectivity index (χ2v) is 14.5. The van der Waals surface area contributed by atoms with E-state index in [2.05, 4.69) is 182 Å². The molecule has 0 amide bonds. The van der Waals surface area contributed by atoms with Crippen molar-refractivity contribution in [1.29, 1.82) is 0 Å². The summed E-state index contributed by atoms with van der Waals surface area (Å²) in [5.41, 5.74) is 5.33. The zero-order valence-corrected chi connectivity index (χ0v) is 25.0. The highest BCUT2D eigenvalue weighted by molar-refractivity contribution is 7.82. The van der Waals surface area contributed by atoms with E-state index in [9.17, 15) is 0 Å². The van der Waals surface area contributed by atoms with Crippen LogP contribution in [-0.4, -0.2) is 0 Å². The standard InChI is InChI=1S/C40H30P2/c1-7-19-31(20-8-1)37-38(32-21-9-2-10-22-32)40(42(35-27-15-5-16-28-35)36-29-17-6-18-30-36)39(37)41(33-23-11-3-12-24-33)34-25-13-4-14-26-34/h1-30H. The molecule has 0 nitrogen and oxygen atoms in total. The number of allylic oxidation sites excluding steroid dienone is 4. The number of benzene rings is 6. The summed E-state index contributed by atoms with van der Waals surface area (Å²) in [6.45, 7) is 0. The molecule has 6 aromatic rings. The molecule has 0 N–H and O–H groups in total. The van der Waals surface area contributed by atoms with Crippen molar-refractivity contribution in [1.82, 2.24) is 0 Å². The van der Waals surface area contributed by atoms with Gasteiger partial charge in [0.1, 0.15) is 0 Å². The van der Waals surface area contributed by atoms with Gasteiger partial charge in [0.15, 0.2) is 0 Å². The van der Waals surface area contributed by atoms with Crippen LogP contribution in [-0.2, 0) is 0 Å². The molecule has 0 unspecified atom stereocenters. The van der Waals surface area contributed by atoms with E-state index in [1.54, 1.807) is 0 Å². The molecule has 1 aliphatic carbocycles. The number of hydrogen-bond acceptors (Lipinski definition) is 0. The number of rotatable bonds is 8. The number of hydrogen-bond donors (Lipinski definition) is 0. The fourth-order valence-electron chi connectivity index (χ4n) is 5.74. The van der Waals surface area contributed by atoms with Crippen molar-refractivity contribution in [2.45, 2.75) is 0 Å². The maximum atomic E-state index is 2.32. The van der Waals surface area contributed by atoms with Crippen LogP contribution in [0.15, 0.2) is 193 Å². The van der Waals surface area contributed by atoms with Crippen LogP contribution >= 0.6 is 15.8 Å². The third-order valence-electron chi connectivity index (χ3n) is 7.58. The van der Waals surface area contributed by atoms with Gasteiger partial charge in [0.2, 0.25) is 0 Å². The molecule has 0 spiro atoms. The zero-order valence-electron chi connectivity index (χ0n) is 23.2. The van der Waals surface area contributed by atoms with Crippen LogP contribution in [0.4, 0.5) is 0 Å². The van der Waals surface area contributed by atoms with Crippen LogP contribution < -0.4 is 21.2 Å². The third kappa shape index (κ3) is 5.10. The summed E-state index contributed by atoms with van der Waals surface area (Å²) in [6, 6.07) is 66.6. The van der Waals surface area contributed by atoms with Gasteiger partial charge in [0.25, 0.3) is 0 Å². The van der Waals surface area contributed by atoms with Crippen molar-refractivity contribution in [2.75, 3.05) is 0 Å². The lowest BCUT2D eigenvalue weighted by Gasteiger charge is -2.41. The molecule has 7 rings (SSSR count). The molecule has 0 saturated carbocycles. The van der Waals surface area contributed by atoms with Crippen LogP contribution in [0, 0.1) is 0 Å². The molecule has 0 aromatic heterocycles. The summed E-state index contributed by atoms with van der Waals surface area (Å²) < 4.78 is 0. The molecule has 0 radical (unpaired) electrons. The zero-order chi connectivity index (χ0) is 28.1. The molecular weight excluding hydrogens is 542 g/mol. The Morgan fingerprint density at radius 1 is 0.238 bits per heavy atom. The van der Waals surface area contributed by atoms with Gasteiger partial charge < -0.3 is 0 Å². The Labute approximate surface area is 251 Å². The second-order valence-electron chi connectivity index (χ2n) is 10.2. The first kappa shape index (κ1) is 26.6. The van der Waals surface area contributed by atoms with E-state index >= 15 is 0 Å². The van der Waals surface area contributed by atoms with E-state index < -0.39 is 15.8 Å². The van der Waals surface area contributed by atoms with Gasteiger partial charge in [-0.15, -0.1) is 0 Å². The highest BCUT2D eigenvalue weighted by Gasteiger charge is 2.41. The van der Waals surface area contributed by atoms with E-state index in [1.807, 2.05) is 0 Å². The molecular formula is C40H30P2. The first-order chi connectivity index (χ1) is 20.9. The van der Waals surface area contributed by atoms with Crippen molar-refractivity contribution >= 4 is 48.2 Å². The van der Waals surface area contributed by atoms with Crippen molar-refractivity contribution in [3.63, 3.8) is 0 Å². The van der Waals surface area contributed by atoms with E-state index in [1.165, 1.54) is 54.1 Å². The van der Waals surface area contributed by atoms with E-state index in [-0.39, 0.29) is 0 Å². The SMILES string of the molecule is c1ccc(C2=C(c3ccccc3)C(P(c3ccccc3)c3ccccc3)=C2P(c2ccccc2)c2ccccc2)cc1. The predicted molar refractivity (Wildman–Crippen MR) is 185 cm³/mol. The third-order valence-corrected chi connectivity index (χ3v) is 12.8. The van der Waals surface area contributed by atoms with Crippen molar-refractivity contribution in [3.05, 3.63) is 204 Å². The fourth-order valence-corrected chi connectivity index (χ4v) is 11.4. The highest BCUT2D eigenvalue weighted by Crippen LogP contribution is 2.69. The fraction of sp³-hybridized carbons (Fsp3) is 0. The Kier molecular flexibility index (Phi) is 7.75. The largest absolute Gasteiger partial charge is 0.0622 e. The Morgan fingerprint density at radius 2 is 0.452 bits per heavy atom. The summed E-state index contributed by atoms with van der Waals surface area (Å²) in [5.74, 6) is 0. The minimum Gasteiger partial charge on any atom is -0.0622 e.